The molecular weight excluding hydrogens is 216 g/mol. The van der Waals surface area contributed by atoms with Crippen LogP contribution < -0.4 is 0 Å². The average Bonchev–Trinajstić information content (AvgIpc) is 2.79. The van der Waals surface area contributed by atoms with E-state index in [-0.39, 0.29) is 0 Å². The van der Waals surface area contributed by atoms with Crippen LogP contribution in [0, 0.1) is 5.92 Å². The molecule has 2 aromatic carbocycles. The van der Waals surface area contributed by atoms with Crippen molar-refractivity contribution in [2.75, 3.05) is 0 Å². The average molecular weight is 235 g/mol. The molecule has 0 saturated heterocycles. The van der Waals surface area contributed by atoms with Crippen LogP contribution >= 0.6 is 0 Å². The van der Waals surface area contributed by atoms with Crippen LogP contribution in [0.3, 0.4) is 0 Å². The summed E-state index contributed by atoms with van der Waals surface area (Å²) in [5, 5.41) is 2.70. The van der Waals surface area contributed by atoms with E-state index >= 15 is 0 Å². The second-order valence-electron chi connectivity index (χ2n) is 5.10. The zero-order valence-electron chi connectivity index (χ0n) is 10.9. The Kier molecular flexibility index (Phi) is 3.19. The van der Waals surface area contributed by atoms with Gasteiger partial charge in [0.2, 0.25) is 0 Å². The molecule has 0 atom stereocenters. The molecule has 0 unspecified atom stereocenters. The monoisotopic (exact) mass is 235 g/mol. The normalized spacial score (nSPS) is 14.3. The topological polar surface area (TPSA) is 0 Å². The Morgan fingerprint density at radius 2 is 1.67 bits per heavy atom. The molecule has 3 rings (SSSR count). The molecule has 1 aliphatic rings. The fourth-order valence-electron chi connectivity index (χ4n) is 2.74. The fourth-order valence-corrected chi connectivity index (χ4v) is 2.74. The summed E-state index contributed by atoms with van der Waals surface area (Å²) >= 11 is 0. The summed E-state index contributed by atoms with van der Waals surface area (Å²) in [6, 6.07) is 13.3. The predicted octanol–water partition coefficient (Wildman–Crippen LogP) is 5.37. The van der Waals surface area contributed by atoms with Gasteiger partial charge in [-0.2, -0.15) is 0 Å². The first-order valence-corrected chi connectivity index (χ1v) is 6.95. The molecule has 0 spiro atoms. The minimum absolute atomic E-state index is 1.22. The molecule has 0 N–H and O–H groups in total. The molecule has 0 amide bonds. The summed E-state index contributed by atoms with van der Waals surface area (Å²) in [6.45, 7) is 2.26. The van der Waals surface area contributed by atoms with Gasteiger partial charge in [0.1, 0.15) is 0 Å². The largest absolute Gasteiger partial charge is 0.0721 e. The van der Waals surface area contributed by atoms with Gasteiger partial charge in [-0.25, -0.2) is 0 Å². The Bertz CT molecular complexity index is 578. The van der Waals surface area contributed by atoms with E-state index in [2.05, 4.69) is 55.5 Å². The summed E-state index contributed by atoms with van der Waals surface area (Å²) in [6.07, 6.45) is 9.72. The van der Waals surface area contributed by atoms with E-state index in [1.54, 1.807) is 0 Å². The molecule has 0 saturated carbocycles. The van der Waals surface area contributed by atoms with Crippen molar-refractivity contribution in [3.05, 3.63) is 59.5 Å². The van der Waals surface area contributed by atoms with Crippen LogP contribution in [-0.2, 0) is 0 Å². The summed E-state index contributed by atoms with van der Waals surface area (Å²) in [7, 11) is 0. The van der Waals surface area contributed by atoms with E-state index in [0.29, 0.717) is 0 Å². The van der Waals surface area contributed by atoms with E-state index in [9.17, 15) is 0 Å². The first-order chi connectivity index (χ1) is 8.88. The predicted molar refractivity (Wildman–Crippen MR) is 79.5 cm³/mol. The second-order valence-corrected chi connectivity index (χ2v) is 5.10. The smallest absolute Gasteiger partial charge is 0.0273 e. The number of unbranched alkanes of at least 4 members (excludes halogenated alkanes) is 2. The summed E-state index contributed by atoms with van der Waals surface area (Å²) in [5.41, 5.74) is 2.84. The molecule has 0 nitrogen and oxygen atoms in total. The molecule has 0 bridgehead atoms. The lowest BCUT2D eigenvalue weighted by Crippen LogP contribution is -1.94. The Morgan fingerprint density at radius 1 is 0.889 bits per heavy atom. The summed E-state index contributed by atoms with van der Waals surface area (Å²) < 4.78 is 0. The fraction of sp³-hybridized carbons (Fsp3) is 0.278. The number of rotatable bonds is 4. The van der Waals surface area contributed by atoms with Gasteiger partial charge in [0, 0.05) is 5.92 Å². The maximum Gasteiger partial charge on any atom is 0.0273 e. The standard InChI is InChI=1S/C18H19/c1-2-3-4-7-14-10-11-17-12-15-8-5-6-9-16(15)13-18(14)17/h5-6,8-13H,2-4,7H2,1H3. The number of hydrogen-bond donors (Lipinski definition) is 0. The Hall–Kier alpha value is -1.56. The van der Waals surface area contributed by atoms with E-state index in [4.69, 9.17) is 0 Å². The van der Waals surface area contributed by atoms with Crippen LogP contribution in [-0.4, -0.2) is 0 Å². The number of hydrogen-bond acceptors (Lipinski definition) is 0. The highest BCUT2D eigenvalue weighted by molar-refractivity contribution is 5.88. The highest BCUT2D eigenvalue weighted by Crippen LogP contribution is 2.35. The molecule has 2 aromatic rings. The van der Waals surface area contributed by atoms with Crippen LogP contribution in [0.2, 0.25) is 0 Å². The maximum absolute atomic E-state index is 2.35. The van der Waals surface area contributed by atoms with Crippen molar-refractivity contribution in [1.29, 1.82) is 0 Å². The van der Waals surface area contributed by atoms with Gasteiger partial charge in [-0.15, -0.1) is 0 Å². The minimum atomic E-state index is 1.22. The lowest BCUT2D eigenvalue weighted by atomic mass is 9.93. The maximum atomic E-state index is 2.35. The van der Waals surface area contributed by atoms with E-state index in [1.807, 2.05) is 0 Å². The second kappa shape index (κ2) is 4.97. The van der Waals surface area contributed by atoms with Crippen molar-refractivity contribution < 1.29 is 0 Å². The summed E-state index contributed by atoms with van der Waals surface area (Å²) in [4.78, 5) is 0. The van der Waals surface area contributed by atoms with Gasteiger partial charge in [-0.05, 0) is 40.5 Å². The zero-order valence-corrected chi connectivity index (χ0v) is 10.9. The first-order valence-electron chi connectivity index (χ1n) is 6.95. The lowest BCUT2D eigenvalue weighted by molar-refractivity contribution is 0.699. The van der Waals surface area contributed by atoms with Crippen LogP contribution in [0.25, 0.3) is 16.8 Å². The van der Waals surface area contributed by atoms with E-state index in [1.165, 1.54) is 53.5 Å². The third-order valence-corrected chi connectivity index (χ3v) is 3.78. The minimum Gasteiger partial charge on any atom is -0.0721 e. The SMILES string of the molecule is CCCCC[C]1C=Cc2cc3ccccc3cc21. The van der Waals surface area contributed by atoms with Crippen LogP contribution in [0.1, 0.15) is 43.7 Å². The van der Waals surface area contributed by atoms with Crippen molar-refractivity contribution in [2.24, 2.45) is 0 Å². The highest BCUT2D eigenvalue weighted by Gasteiger charge is 2.17. The number of allylic oxidation sites excluding steroid dienone is 1. The zero-order chi connectivity index (χ0) is 12.4. The lowest BCUT2D eigenvalue weighted by Gasteiger charge is -2.11. The Morgan fingerprint density at radius 3 is 2.44 bits per heavy atom. The van der Waals surface area contributed by atoms with Gasteiger partial charge in [-0.1, -0.05) is 62.6 Å². The van der Waals surface area contributed by atoms with E-state index < -0.39 is 0 Å². The van der Waals surface area contributed by atoms with Crippen molar-refractivity contribution in [2.45, 2.75) is 32.6 Å². The van der Waals surface area contributed by atoms with Gasteiger partial charge in [-0.3, -0.25) is 0 Å². The third kappa shape index (κ3) is 2.08. The molecule has 1 aliphatic carbocycles. The first kappa shape index (κ1) is 11.5. The molecule has 91 valence electrons. The van der Waals surface area contributed by atoms with Gasteiger partial charge in [0.05, 0.1) is 0 Å². The molecule has 1 radical (unpaired) electrons. The number of fused-ring (bicyclic) bond motifs is 2. The molecule has 0 fully saturated rings. The third-order valence-electron chi connectivity index (χ3n) is 3.78. The van der Waals surface area contributed by atoms with Crippen molar-refractivity contribution in [3.8, 4) is 0 Å². The van der Waals surface area contributed by atoms with Crippen molar-refractivity contribution in [3.63, 3.8) is 0 Å². The quantitative estimate of drug-likeness (QED) is 0.625. The van der Waals surface area contributed by atoms with Crippen LogP contribution in [0.5, 0.6) is 0 Å². The van der Waals surface area contributed by atoms with Crippen molar-refractivity contribution >= 4 is 16.8 Å². The molecule has 18 heavy (non-hydrogen) atoms. The van der Waals surface area contributed by atoms with Crippen LogP contribution in [0.4, 0.5) is 0 Å². The molecule has 0 heterocycles. The Labute approximate surface area is 109 Å². The summed E-state index contributed by atoms with van der Waals surface area (Å²) in [5.74, 6) is 1.52. The molecule has 0 aliphatic heterocycles. The molecular formula is C18H19. The van der Waals surface area contributed by atoms with Crippen molar-refractivity contribution in [1.82, 2.24) is 0 Å². The van der Waals surface area contributed by atoms with Gasteiger partial charge in [0.25, 0.3) is 0 Å². The van der Waals surface area contributed by atoms with Gasteiger partial charge in [0.15, 0.2) is 0 Å². The molecule has 0 aromatic heterocycles. The molecule has 0 heteroatoms. The highest BCUT2D eigenvalue weighted by atomic mass is 14.2. The number of benzene rings is 2. The van der Waals surface area contributed by atoms with Crippen LogP contribution in [0.15, 0.2) is 42.5 Å². The van der Waals surface area contributed by atoms with E-state index in [0.717, 1.165) is 0 Å². The van der Waals surface area contributed by atoms with Gasteiger partial charge >= 0.3 is 0 Å². The Balaban J connectivity index is 1.90. The van der Waals surface area contributed by atoms with Gasteiger partial charge < -0.3 is 0 Å².